The number of hydrogen-bond acceptors (Lipinski definition) is 5. The fourth-order valence-electron chi connectivity index (χ4n) is 0.869. The molecule has 1 unspecified atom stereocenters. The van der Waals surface area contributed by atoms with Crippen molar-refractivity contribution in [3.63, 3.8) is 0 Å². The normalized spacial score (nSPS) is 11.6. The van der Waals surface area contributed by atoms with E-state index in [2.05, 4.69) is 0 Å². The van der Waals surface area contributed by atoms with E-state index >= 15 is 0 Å². The van der Waals surface area contributed by atoms with Crippen molar-refractivity contribution < 1.29 is 9.84 Å². The van der Waals surface area contributed by atoms with Gasteiger partial charge in [0.2, 0.25) is 6.29 Å². The van der Waals surface area contributed by atoms with Gasteiger partial charge in [-0.1, -0.05) is 0 Å². The topological polar surface area (TPSA) is 108 Å². The lowest BCUT2D eigenvalue weighted by atomic mass is 10.2. The van der Waals surface area contributed by atoms with Crippen molar-refractivity contribution in [2.24, 2.45) is 5.73 Å². The Labute approximate surface area is 88.2 Å². The summed E-state index contributed by atoms with van der Waals surface area (Å²) in [5.74, 6) is 0.382. The second-order valence-corrected chi connectivity index (χ2v) is 2.61. The number of nitrogen functional groups attached to an aromatic ring is 2. The van der Waals surface area contributed by atoms with E-state index in [0.29, 0.717) is 17.1 Å². The van der Waals surface area contributed by atoms with Gasteiger partial charge in [-0.25, -0.2) is 0 Å². The van der Waals surface area contributed by atoms with Crippen LogP contribution >= 0.6 is 12.4 Å². The summed E-state index contributed by atoms with van der Waals surface area (Å²) >= 11 is 0. The molecule has 0 aliphatic rings. The quantitative estimate of drug-likeness (QED) is 0.421. The molecule has 7 N–H and O–H groups in total. The zero-order valence-electron chi connectivity index (χ0n) is 7.51. The third-order valence-electron chi connectivity index (χ3n) is 1.50. The smallest absolute Gasteiger partial charge is 0.209 e. The van der Waals surface area contributed by atoms with Crippen molar-refractivity contribution >= 4 is 23.8 Å². The summed E-state index contributed by atoms with van der Waals surface area (Å²) in [4.78, 5) is 0. The van der Waals surface area contributed by atoms with E-state index in [9.17, 15) is 0 Å². The van der Waals surface area contributed by atoms with Gasteiger partial charge < -0.3 is 27.0 Å². The van der Waals surface area contributed by atoms with Crippen LogP contribution in [-0.2, 0) is 0 Å². The highest BCUT2D eigenvalue weighted by Gasteiger charge is 2.05. The molecular formula is C8H14ClN3O2. The molecule has 1 aromatic rings. The largest absolute Gasteiger partial charge is 0.462 e. The first-order valence-corrected chi connectivity index (χ1v) is 3.83. The molecule has 0 aromatic heterocycles. The van der Waals surface area contributed by atoms with Crippen LogP contribution in [0.4, 0.5) is 11.4 Å². The first-order valence-electron chi connectivity index (χ1n) is 3.83. The van der Waals surface area contributed by atoms with Crippen LogP contribution in [0.3, 0.4) is 0 Å². The average Bonchev–Trinajstić information content (AvgIpc) is 2.09. The SMILES string of the molecule is Cl.NCC(O)Oc1ccc(N)cc1N. The van der Waals surface area contributed by atoms with Crippen molar-refractivity contribution in [2.45, 2.75) is 6.29 Å². The molecule has 0 spiro atoms. The molecule has 6 heteroatoms. The lowest BCUT2D eigenvalue weighted by Crippen LogP contribution is -2.26. The van der Waals surface area contributed by atoms with Crippen LogP contribution in [0.15, 0.2) is 18.2 Å². The Morgan fingerprint density at radius 2 is 2.00 bits per heavy atom. The van der Waals surface area contributed by atoms with Crippen LogP contribution in [0, 0.1) is 0 Å². The first kappa shape index (κ1) is 12.8. The Kier molecular flexibility index (Phi) is 5.07. The van der Waals surface area contributed by atoms with Gasteiger partial charge in [-0.3, -0.25) is 0 Å². The average molecular weight is 220 g/mol. The van der Waals surface area contributed by atoms with E-state index in [1.165, 1.54) is 0 Å². The predicted octanol–water partition coefficient (Wildman–Crippen LogP) is -0.0713. The maximum absolute atomic E-state index is 9.07. The zero-order valence-corrected chi connectivity index (χ0v) is 8.33. The molecule has 0 saturated carbocycles. The second-order valence-electron chi connectivity index (χ2n) is 2.61. The minimum absolute atomic E-state index is 0. The van der Waals surface area contributed by atoms with Crippen LogP contribution in [0.2, 0.25) is 0 Å². The van der Waals surface area contributed by atoms with Crippen LogP contribution in [0.1, 0.15) is 0 Å². The van der Waals surface area contributed by atoms with E-state index < -0.39 is 6.29 Å². The molecule has 0 fully saturated rings. The first-order chi connectivity index (χ1) is 6.13. The lowest BCUT2D eigenvalue weighted by molar-refractivity contribution is -0.00801. The van der Waals surface area contributed by atoms with Crippen LogP contribution in [-0.4, -0.2) is 17.9 Å². The van der Waals surface area contributed by atoms with Gasteiger partial charge in [0.25, 0.3) is 0 Å². The fourth-order valence-corrected chi connectivity index (χ4v) is 0.869. The van der Waals surface area contributed by atoms with Crippen LogP contribution in [0.25, 0.3) is 0 Å². The molecule has 14 heavy (non-hydrogen) atoms. The minimum atomic E-state index is -1.04. The maximum atomic E-state index is 9.07. The Hall–Kier alpha value is -1.17. The molecule has 0 heterocycles. The Balaban J connectivity index is 0.00000169. The fraction of sp³-hybridized carbons (Fsp3) is 0.250. The van der Waals surface area contributed by atoms with E-state index in [4.69, 9.17) is 27.0 Å². The summed E-state index contributed by atoms with van der Waals surface area (Å²) in [5.41, 5.74) is 17.1. The highest BCUT2D eigenvalue weighted by atomic mass is 35.5. The number of anilines is 2. The minimum Gasteiger partial charge on any atom is -0.462 e. The van der Waals surface area contributed by atoms with Crippen molar-refractivity contribution in [2.75, 3.05) is 18.0 Å². The number of hydrogen-bond donors (Lipinski definition) is 4. The molecule has 0 bridgehead atoms. The number of rotatable bonds is 3. The van der Waals surface area contributed by atoms with Gasteiger partial charge in [-0.15, -0.1) is 12.4 Å². The molecule has 5 nitrogen and oxygen atoms in total. The molecular weight excluding hydrogens is 206 g/mol. The van der Waals surface area contributed by atoms with Crippen molar-refractivity contribution in [3.8, 4) is 5.75 Å². The van der Waals surface area contributed by atoms with Crippen LogP contribution < -0.4 is 21.9 Å². The van der Waals surface area contributed by atoms with E-state index in [-0.39, 0.29) is 19.0 Å². The molecule has 1 rings (SSSR count). The van der Waals surface area contributed by atoms with Crippen molar-refractivity contribution in [1.82, 2.24) is 0 Å². The molecule has 80 valence electrons. The van der Waals surface area contributed by atoms with Gasteiger partial charge in [-0.2, -0.15) is 0 Å². The number of nitrogens with two attached hydrogens (primary N) is 3. The Bertz CT molecular complexity index is 296. The Morgan fingerprint density at radius 1 is 1.36 bits per heavy atom. The van der Waals surface area contributed by atoms with E-state index in [1.54, 1.807) is 18.2 Å². The number of aliphatic hydroxyl groups excluding tert-OH is 1. The maximum Gasteiger partial charge on any atom is 0.209 e. The summed E-state index contributed by atoms with van der Waals surface area (Å²) < 4.78 is 5.00. The summed E-state index contributed by atoms with van der Waals surface area (Å²) in [6, 6.07) is 4.77. The third-order valence-corrected chi connectivity index (χ3v) is 1.50. The standard InChI is InChI=1S/C8H13N3O2.ClH/c9-4-8(12)13-7-2-1-5(10)3-6(7)11;/h1-3,8,12H,4,9-11H2;1H. The third kappa shape index (κ3) is 3.29. The van der Waals surface area contributed by atoms with Gasteiger partial charge in [0, 0.05) is 5.69 Å². The Morgan fingerprint density at radius 3 is 2.50 bits per heavy atom. The van der Waals surface area contributed by atoms with Crippen molar-refractivity contribution in [1.29, 1.82) is 0 Å². The molecule has 0 saturated heterocycles. The van der Waals surface area contributed by atoms with Crippen molar-refractivity contribution in [3.05, 3.63) is 18.2 Å². The van der Waals surface area contributed by atoms with Crippen LogP contribution in [0.5, 0.6) is 5.75 Å². The number of ether oxygens (including phenoxy) is 1. The molecule has 0 amide bonds. The molecule has 0 aliphatic carbocycles. The number of aliphatic hydroxyl groups is 1. The predicted molar refractivity (Wildman–Crippen MR) is 58.2 cm³/mol. The van der Waals surface area contributed by atoms with E-state index in [0.717, 1.165) is 0 Å². The van der Waals surface area contributed by atoms with Gasteiger partial charge in [0.15, 0.2) is 0 Å². The van der Waals surface area contributed by atoms with Gasteiger partial charge in [0.1, 0.15) is 5.75 Å². The van der Waals surface area contributed by atoms with Gasteiger partial charge in [-0.05, 0) is 18.2 Å². The monoisotopic (exact) mass is 219 g/mol. The lowest BCUT2D eigenvalue weighted by Gasteiger charge is -2.13. The second kappa shape index (κ2) is 5.54. The number of benzene rings is 1. The highest BCUT2D eigenvalue weighted by molar-refractivity contribution is 5.85. The summed E-state index contributed by atoms with van der Waals surface area (Å²) in [7, 11) is 0. The molecule has 1 aromatic carbocycles. The van der Waals surface area contributed by atoms with Gasteiger partial charge in [0.05, 0.1) is 12.2 Å². The molecule has 1 atom stereocenters. The summed E-state index contributed by atoms with van der Waals surface area (Å²) in [6.07, 6.45) is -1.04. The summed E-state index contributed by atoms with van der Waals surface area (Å²) in [5, 5.41) is 9.07. The van der Waals surface area contributed by atoms with E-state index in [1.807, 2.05) is 0 Å². The molecule has 0 radical (unpaired) electrons. The number of halogens is 1. The van der Waals surface area contributed by atoms with Gasteiger partial charge >= 0.3 is 0 Å². The summed E-state index contributed by atoms with van der Waals surface area (Å²) in [6.45, 7) is 0.0177. The highest BCUT2D eigenvalue weighted by Crippen LogP contribution is 2.23. The molecule has 0 aliphatic heterocycles. The zero-order chi connectivity index (χ0) is 9.84.